The summed E-state index contributed by atoms with van der Waals surface area (Å²) in [7, 11) is 3.06. The number of hydrogen-bond donors (Lipinski definition) is 0. The van der Waals surface area contributed by atoms with Gasteiger partial charge in [-0.25, -0.2) is 0 Å². The molecule has 0 aromatic heterocycles. The molecule has 0 saturated carbocycles. The van der Waals surface area contributed by atoms with Gasteiger partial charge in [0.25, 0.3) is 0 Å². The zero-order chi connectivity index (χ0) is 9.84. The van der Waals surface area contributed by atoms with Crippen LogP contribution in [0.25, 0.3) is 0 Å². The van der Waals surface area contributed by atoms with Crippen molar-refractivity contribution in [2.75, 3.05) is 14.2 Å². The third-order valence-electron chi connectivity index (χ3n) is 1.78. The van der Waals surface area contributed by atoms with Crippen molar-refractivity contribution in [2.45, 2.75) is 6.92 Å². The lowest BCUT2D eigenvalue weighted by molar-refractivity contribution is 0.101. The Balaban J connectivity index is 3.27. The van der Waals surface area contributed by atoms with Gasteiger partial charge in [0.1, 0.15) is 0 Å². The summed E-state index contributed by atoms with van der Waals surface area (Å²) in [4.78, 5) is 11.2. The maximum Gasteiger partial charge on any atom is 0.171 e. The molecule has 70 valence electrons. The monoisotopic (exact) mass is 180 g/mol. The fourth-order valence-electron chi connectivity index (χ4n) is 1.16. The predicted molar refractivity (Wildman–Crippen MR) is 49.6 cm³/mol. The van der Waals surface area contributed by atoms with Crippen molar-refractivity contribution in [3.63, 3.8) is 0 Å². The summed E-state index contributed by atoms with van der Waals surface area (Å²) in [6.07, 6.45) is 0. The third-order valence-corrected chi connectivity index (χ3v) is 1.78. The van der Waals surface area contributed by atoms with E-state index in [2.05, 4.69) is 0 Å². The van der Waals surface area contributed by atoms with Gasteiger partial charge in [-0.1, -0.05) is 6.07 Å². The molecule has 0 amide bonds. The summed E-state index contributed by atoms with van der Waals surface area (Å²) in [5.74, 6) is 1.04. The Bertz CT molecular complexity index is 318. The van der Waals surface area contributed by atoms with Crippen LogP contribution in [0.2, 0.25) is 0 Å². The normalized spacial score (nSPS) is 9.46. The van der Waals surface area contributed by atoms with Gasteiger partial charge in [-0.05, 0) is 19.1 Å². The highest BCUT2D eigenvalue weighted by molar-refractivity contribution is 5.97. The topological polar surface area (TPSA) is 35.5 Å². The molecule has 0 fully saturated rings. The van der Waals surface area contributed by atoms with Crippen molar-refractivity contribution < 1.29 is 14.3 Å². The Morgan fingerprint density at radius 1 is 1.23 bits per heavy atom. The molecule has 0 aliphatic rings. The summed E-state index contributed by atoms with van der Waals surface area (Å²) in [5, 5.41) is 0. The van der Waals surface area contributed by atoms with Crippen LogP contribution in [0.4, 0.5) is 0 Å². The van der Waals surface area contributed by atoms with Gasteiger partial charge < -0.3 is 9.47 Å². The molecular formula is C10H12O3. The van der Waals surface area contributed by atoms with Gasteiger partial charge in [-0.15, -0.1) is 0 Å². The highest BCUT2D eigenvalue weighted by Crippen LogP contribution is 2.30. The Morgan fingerprint density at radius 3 is 2.38 bits per heavy atom. The average molecular weight is 180 g/mol. The molecule has 13 heavy (non-hydrogen) atoms. The van der Waals surface area contributed by atoms with E-state index in [9.17, 15) is 4.79 Å². The first-order valence-corrected chi connectivity index (χ1v) is 3.92. The van der Waals surface area contributed by atoms with E-state index in [1.165, 1.54) is 14.0 Å². The molecule has 0 heterocycles. The smallest absolute Gasteiger partial charge is 0.171 e. The van der Waals surface area contributed by atoms with E-state index in [1.54, 1.807) is 25.3 Å². The van der Waals surface area contributed by atoms with Crippen LogP contribution in [-0.2, 0) is 0 Å². The minimum atomic E-state index is -0.0317. The lowest BCUT2D eigenvalue weighted by Crippen LogP contribution is -1.99. The number of rotatable bonds is 3. The fourth-order valence-corrected chi connectivity index (χ4v) is 1.16. The number of ketones is 1. The molecule has 1 aromatic carbocycles. The Labute approximate surface area is 77.3 Å². The lowest BCUT2D eigenvalue weighted by atomic mass is 10.1. The lowest BCUT2D eigenvalue weighted by Gasteiger charge is -2.09. The van der Waals surface area contributed by atoms with Crippen LogP contribution in [-0.4, -0.2) is 20.0 Å². The molecular weight excluding hydrogens is 168 g/mol. The fraction of sp³-hybridized carbons (Fsp3) is 0.300. The van der Waals surface area contributed by atoms with Gasteiger partial charge >= 0.3 is 0 Å². The molecule has 3 heteroatoms. The highest BCUT2D eigenvalue weighted by Gasteiger charge is 2.11. The van der Waals surface area contributed by atoms with Crippen molar-refractivity contribution in [2.24, 2.45) is 0 Å². The van der Waals surface area contributed by atoms with Crippen LogP contribution < -0.4 is 9.47 Å². The number of Topliss-reactive ketones (excluding diaryl/α,β-unsaturated/α-hetero) is 1. The molecule has 0 N–H and O–H groups in total. The summed E-state index contributed by atoms with van der Waals surface area (Å²) in [5.41, 5.74) is 0.543. The quantitative estimate of drug-likeness (QED) is 0.666. The molecule has 1 aromatic rings. The van der Waals surface area contributed by atoms with Crippen molar-refractivity contribution in [1.82, 2.24) is 0 Å². The standard InChI is InChI=1S/C10H12O3/c1-7(11)8-5-4-6-9(12-2)10(8)13-3/h4-6H,1-3H3. The maximum absolute atomic E-state index is 11.2. The van der Waals surface area contributed by atoms with E-state index >= 15 is 0 Å². The van der Waals surface area contributed by atoms with Gasteiger partial charge in [-0.2, -0.15) is 0 Å². The second-order valence-electron chi connectivity index (χ2n) is 2.60. The van der Waals surface area contributed by atoms with Gasteiger partial charge in [0.05, 0.1) is 19.8 Å². The molecule has 1 rings (SSSR count). The van der Waals surface area contributed by atoms with Crippen molar-refractivity contribution in [1.29, 1.82) is 0 Å². The maximum atomic E-state index is 11.2. The Kier molecular flexibility index (Phi) is 2.90. The number of ether oxygens (including phenoxy) is 2. The number of carbonyl (C=O) groups is 1. The minimum absolute atomic E-state index is 0.0317. The van der Waals surface area contributed by atoms with Gasteiger partial charge in [0.2, 0.25) is 0 Å². The molecule has 0 unspecified atom stereocenters. The third kappa shape index (κ3) is 1.80. The molecule has 0 radical (unpaired) electrons. The number of carbonyl (C=O) groups excluding carboxylic acids is 1. The summed E-state index contributed by atoms with van der Waals surface area (Å²) in [6, 6.07) is 5.23. The minimum Gasteiger partial charge on any atom is -0.493 e. The van der Waals surface area contributed by atoms with Crippen LogP contribution in [0.15, 0.2) is 18.2 Å². The molecule has 0 atom stereocenters. The first-order chi connectivity index (χ1) is 6.20. The van der Waals surface area contributed by atoms with Gasteiger partial charge in [0, 0.05) is 0 Å². The van der Waals surface area contributed by atoms with Crippen LogP contribution in [0, 0.1) is 0 Å². The van der Waals surface area contributed by atoms with E-state index in [0.717, 1.165) is 0 Å². The molecule has 0 spiro atoms. The van der Waals surface area contributed by atoms with E-state index in [4.69, 9.17) is 9.47 Å². The van der Waals surface area contributed by atoms with E-state index < -0.39 is 0 Å². The Hall–Kier alpha value is -1.51. The van der Waals surface area contributed by atoms with Crippen LogP contribution in [0.3, 0.4) is 0 Å². The SMILES string of the molecule is COc1cccc(C(C)=O)c1OC. The predicted octanol–water partition coefficient (Wildman–Crippen LogP) is 1.91. The average Bonchev–Trinajstić information content (AvgIpc) is 2.16. The van der Waals surface area contributed by atoms with Crippen LogP contribution in [0.5, 0.6) is 11.5 Å². The molecule has 0 saturated heterocycles. The Morgan fingerprint density at radius 2 is 1.92 bits per heavy atom. The van der Waals surface area contributed by atoms with Crippen molar-refractivity contribution >= 4 is 5.78 Å². The largest absolute Gasteiger partial charge is 0.493 e. The number of methoxy groups -OCH3 is 2. The van der Waals surface area contributed by atoms with Crippen molar-refractivity contribution in [3.05, 3.63) is 23.8 Å². The molecule has 0 bridgehead atoms. The van der Waals surface area contributed by atoms with Gasteiger partial charge in [0.15, 0.2) is 17.3 Å². The van der Waals surface area contributed by atoms with Crippen molar-refractivity contribution in [3.8, 4) is 11.5 Å². The summed E-state index contributed by atoms with van der Waals surface area (Å²) < 4.78 is 10.1. The van der Waals surface area contributed by atoms with E-state index in [1.807, 2.05) is 0 Å². The highest BCUT2D eigenvalue weighted by atomic mass is 16.5. The molecule has 3 nitrogen and oxygen atoms in total. The number of hydrogen-bond acceptors (Lipinski definition) is 3. The number of benzene rings is 1. The number of para-hydroxylation sites is 1. The van der Waals surface area contributed by atoms with Crippen LogP contribution in [0.1, 0.15) is 17.3 Å². The second-order valence-corrected chi connectivity index (χ2v) is 2.60. The van der Waals surface area contributed by atoms with Gasteiger partial charge in [-0.3, -0.25) is 4.79 Å². The molecule has 0 aliphatic carbocycles. The summed E-state index contributed by atoms with van der Waals surface area (Å²) >= 11 is 0. The molecule has 0 aliphatic heterocycles. The zero-order valence-corrected chi connectivity index (χ0v) is 7.96. The first-order valence-electron chi connectivity index (χ1n) is 3.92. The van der Waals surface area contributed by atoms with E-state index in [0.29, 0.717) is 17.1 Å². The first kappa shape index (κ1) is 9.58. The van der Waals surface area contributed by atoms with Crippen LogP contribution >= 0.6 is 0 Å². The van der Waals surface area contributed by atoms with E-state index in [-0.39, 0.29) is 5.78 Å². The zero-order valence-electron chi connectivity index (χ0n) is 7.96. The summed E-state index contributed by atoms with van der Waals surface area (Å²) in [6.45, 7) is 1.50. The second kappa shape index (κ2) is 3.94.